The van der Waals surface area contributed by atoms with Crippen LogP contribution in [0.1, 0.15) is 12.7 Å². The highest BCUT2D eigenvalue weighted by atomic mass is 32.1. The third-order valence-corrected chi connectivity index (χ3v) is 5.22. The quantitative estimate of drug-likeness (QED) is 0.781. The number of fused-ring (bicyclic) bond motifs is 1. The van der Waals surface area contributed by atoms with Crippen LogP contribution in [-0.2, 0) is 11.3 Å². The smallest absolute Gasteiger partial charge is 0.260 e. The molecule has 2 aromatic heterocycles. The van der Waals surface area contributed by atoms with Gasteiger partial charge >= 0.3 is 0 Å². The largest absolute Gasteiger partial charge is 0.376 e. The first kappa shape index (κ1) is 16.4. The van der Waals surface area contributed by atoms with E-state index in [1.54, 1.807) is 12.1 Å². The van der Waals surface area contributed by atoms with Gasteiger partial charge in [-0.2, -0.15) is 0 Å². The summed E-state index contributed by atoms with van der Waals surface area (Å²) in [6.45, 7) is 4.99. The van der Waals surface area contributed by atoms with Crippen molar-refractivity contribution in [3.8, 4) is 11.1 Å². The first-order valence-electron chi connectivity index (χ1n) is 8.20. The number of thiophene rings is 1. The lowest BCUT2D eigenvalue weighted by molar-refractivity contribution is -0.0219. The van der Waals surface area contributed by atoms with Crippen molar-refractivity contribution in [3.05, 3.63) is 51.6 Å². The third kappa shape index (κ3) is 3.35. The van der Waals surface area contributed by atoms with Gasteiger partial charge < -0.3 is 9.72 Å². The van der Waals surface area contributed by atoms with Gasteiger partial charge in [-0.1, -0.05) is 12.1 Å². The lowest BCUT2D eigenvalue weighted by atomic mass is 10.1. The zero-order chi connectivity index (χ0) is 17.4. The number of nitrogens with one attached hydrogen (secondary N) is 1. The number of benzene rings is 1. The van der Waals surface area contributed by atoms with E-state index < -0.39 is 0 Å². The van der Waals surface area contributed by atoms with Crippen LogP contribution in [0.25, 0.3) is 21.3 Å². The van der Waals surface area contributed by atoms with Crippen LogP contribution in [-0.4, -0.2) is 40.7 Å². The summed E-state index contributed by atoms with van der Waals surface area (Å²) in [4.78, 5) is 23.1. The van der Waals surface area contributed by atoms with Gasteiger partial charge in [0.25, 0.3) is 5.56 Å². The van der Waals surface area contributed by atoms with Crippen LogP contribution in [0.5, 0.6) is 0 Å². The van der Waals surface area contributed by atoms with E-state index in [1.165, 1.54) is 23.5 Å². The molecule has 1 saturated heterocycles. The van der Waals surface area contributed by atoms with Crippen molar-refractivity contribution in [1.29, 1.82) is 0 Å². The Morgan fingerprint density at radius 3 is 2.96 bits per heavy atom. The number of H-pyrrole nitrogens is 1. The van der Waals surface area contributed by atoms with Crippen molar-refractivity contribution in [2.24, 2.45) is 0 Å². The second kappa shape index (κ2) is 6.67. The Balaban J connectivity index is 1.67. The van der Waals surface area contributed by atoms with Gasteiger partial charge in [0.1, 0.15) is 16.5 Å². The second-order valence-corrected chi connectivity index (χ2v) is 7.12. The summed E-state index contributed by atoms with van der Waals surface area (Å²) < 4.78 is 18.7. The summed E-state index contributed by atoms with van der Waals surface area (Å²) in [5, 5.41) is 2.47. The summed E-state index contributed by atoms with van der Waals surface area (Å²) in [6, 6.07) is 6.15. The summed E-state index contributed by atoms with van der Waals surface area (Å²) in [5.74, 6) is 0.372. The van der Waals surface area contributed by atoms with Crippen LogP contribution in [0.2, 0.25) is 0 Å². The number of rotatable bonds is 3. The molecule has 7 heteroatoms. The Morgan fingerprint density at radius 2 is 2.20 bits per heavy atom. The van der Waals surface area contributed by atoms with Crippen LogP contribution in [0.4, 0.5) is 4.39 Å². The van der Waals surface area contributed by atoms with Crippen LogP contribution < -0.4 is 5.56 Å². The van der Waals surface area contributed by atoms with Crippen LogP contribution >= 0.6 is 11.3 Å². The molecular formula is C18H18FN3O2S. The highest BCUT2D eigenvalue weighted by Crippen LogP contribution is 2.30. The van der Waals surface area contributed by atoms with E-state index in [4.69, 9.17) is 4.74 Å². The zero-order valence-corrected chi connectivity index (χ0v) is 14.6. The predicted octanol–water partition coefficient (Wildman–Crippen LogP) is 3.01. The van der Waals surface area contributed by atoms with Gasteiger partial charge in [0, 0.05) is 24.0 Å². The van der Waals surface area contributed by atoms with Gasteiger partial charge in [-0.05, 0) is 24.6 Å². The van der Waals surface area contributed by atoms with Gasteiger partial charge in [-0.15, -0.1) is 11.3 Å². The van der Waals surface area contributed by atoms with E-state index in [2.05, 4.69) is 14.9 Å². The summed E-state index contributed by atoms with van der Waals surface area (Å²) in [6.07, 6.45) is 0.191. The van der Waals surface area contributed by atoms with E-state index in [9.17, 15) is 9.18 Å². The van der Waals surface area contributed by atoms with Gasteiger partial charge in [0.05, 0.1) is 24.6 Å². The standard InChI is InChI=1S/C18H18FN3O2S/c1-11-8-22(6-7-24-11)9-15-20-17(23)16-14(10-25-18(16)21-15)12-2-4-13(19)5-3-12/h2-5,10-11H,6-9H2,1H3,(H,20,21,23). The Kier molecular flexibility index (Phi) is 4.37. The maximum Gasteiger partial charge on any atom is 0.260 e. The molecule has 0 spiro atoms. The Hall–Kier alpha value is -2.09. The number of aromatic amines is 1. The molecule has 5 nitrogen and oxygen atoms in total. The van der Waals surface area contributed by atoms with Crippen LogP contribution in [0, 0.1) is 5.82 Å². The zero-order valence-electron chi connectivity index (χ0n) is 13.8. The van der Waals surface area contributed by atoms with E-state index >= 15 is 0 Å². The topological polar surface area (TPSA) is 58.2 Å². The van der Waals surface area contributed by atoms with E-state index in [0.29, 0.717) is 29.2 Å². The summed E-state index contributed by atoms with van der Waals surface area (Å²) in [5.41, 5.74) is 1.46. The van der Waals surface area contributed by atoms with Crippen LogP contribution in [0.3, 0.4) is 0 Å². The molecule has 25 heavy (non-hydrogen) atoms. The number of ether oxygens (including phenoxy) is 1. The monoisotopic (exact) mass is 359 g/mol. The molecule has 1 aliphatic heterocycles. The van der Waals surface area contributed by atoms with Crippen molar-refractivity contribution in [1.82, 2.24) is 14.9 Å². The molecule has 130 valence electrons. The van der Waals surface area contributed by atoms with Crippen LogP contribution in [0.15, 0.2) is 34.4 Å². The van der Waals surface area contributed by atoms with Gasteiger partial charge in [0.2, 0.25) is 0 Å². The van der Waals surface area contributed by atoms with Crippen molar-refractivity contribution >= 4 is 21.6 Å². The maximum absolute atomic E-state index is 13.1. The molecule has 1 N–H and O–H groups in total. The minimum Gasteiger partial charge on any atom is -0.376 e. The molecule has 3 heterocycles. The Bertz CT molecular complexity index is 951. The Labute approximate surface area is 148 Å². The lowest BCUT2D eigenvalue weighted by Gasteiger charge is -2.30. The maximum atomic E-state index is 13.1. The molecule has 0 saturated carbocycles. The van der Waals surface area contributed by atoms with Gasteiger partial charge in [0.15, 0.2) is 0 Å². The summed E-state index contributed by atoms with van der Waals surface area (Å²) >= 11 is 1.44. The molecule has 4 rings (SSSR count). The van der Waals surface area contributed by atoms with Crippen molar-refractivity contribution < 1.29 is 9.13 Å². The van der Waals surface area contributed by atoms with Crippen molar-refractivity contribution in [3.63, 3.8) is 0 Å². The molecule has 0 aliphatic carbocycles. The molecule has 1 aliphatic rings. The molecule has 1 atom stereocenters. The summed E-state index contributed by atoms with van der Waals surface area (Å²) in [7, 11) is 0. The number of aromatic nitrogens is 2. The first-order chi connectivity index (χ1) is 12.1. The number of hydrogen-bond acceptors (Lipinski definition) is 5. The van der Waals surface area contributed by atoms with E-state index in [-0.39, 0.29) is 17.5 Å². The molecule has 0 amide bonds. The average molecular weight is 359 g/mol. The predicted molar refractivity (Wildman–Crippen MR) is 96.3 cm³/mol. The molecule has 0 bridgehead atoms. The highest BCUT2D eigenvalue weighted by molar-refractivity contribution is 7.17. The normalized spacial score (nSPS) is 18.7. The van der Waals surface area contributed by atoms with Crippen molar-refractivity contribution in [2.75, 3.05) is 19.7 Å². The first-order valence-corrected chi connectivity index (χ1v) is 9.08. The molecule has 1 unspecified atom stereocenters. The van der Waals surface area contributed by atoms with Gasteiger partial charge in [-0.25, -0.2) is 9.37 Å². The molecule has 0 radical (unpaired) electrons. The van der Waals surface area contributed by atoms with E-state index in [1.807, 2.05) is 12.3 Å². The molecule has 1 fully saturated rings. The number of hydrogen-bond donors (Lipinski definition) is 1. The molecule has 1 aromatic carbocycles. The average Bonchev–Trinajstić information content (AvgIpc) is 3.00. The number of halogens is 1. The number of nitrogens with zero attached hydrogens (tertiary/aromatic N) is 2. The molecular weight excluding hydrogens is 341 g/mol. The van der Waals surface area contributed by atoms with E-state index in [0.717, 1.165) is 24.2 Å². The fraction of sp³-hybridized carbons (Fsp3) is 0.333. The second-order valence-electron chi connectivity index (χ2n) is 6.27. The minimum atomic E-state index is -0.294. The van der Waals surface area contributed by atoms with Crippen molar-refractivity contribution in [2.45, 2.75) is 19.6 Å². The highest BCUT2D eigenvalue weighted by Gasteiger charge is 2.19. The fourth-order valence-corrected chi connectivity index (χ4v) is 4.12. The van der Waals surface area contributed by atoms with Gasteiger partial charge in [-0.3, -0.25) is 9.69 Å². The number of morpholine rings is 1. The SMILES string of the molecule is CC1CN(Cc2nc3scc(-c4ccc(F)cc4)c3c(=O)[nH]2)CCO1. The third-order valence-electron chi connectivity index (χ3n) is 4.35. The Morgan fingerprint density at radius 1 is 1.40 bits per heavy atom. The minimum absolute atomic E-state index is 0.151. The fourth-order valence-electron chi connectivity index (χ4n) is 3.16. The lowest BCUT2D eigenvalue weighted by Crippen LogP contribution is -2.41. The molecule has 3 aromatic rings.